The number of urea groups is 1. The molecular formula is C23H26FN7O. The van der Waals surface area contributed by atoms with Crippen molar-refractivity contribution in [1.82, 2.24) is 19.3 Å². The summed E-state index contributed by atoms with van der Waals surface area (Å²) in [5.41, 5.74) is 3.98. The topological polar surface area (TPSA) is 69.0 Å². The van der Waals surface area contributed by atoms with Crippen LogP contribution in [0.2, 0.25) is 0 Å². The molecule has 0 unspecified atom stereocenters. The number of imidazole rings is 1. The van der Waals surface area contributed by atoms with Crippen LogP contribution in [0.1, 0.15) is 24.1 Å². The first kappa shape index (κ1) is 19.5. The van der Waals surface area contributed by atoms with Crippen molar-refractivity contribution in [3.8, 4) is 0 Å². The number of rotatable bonds is 2. The lowest BCUT2D eigenvalue weighted by atomic mass is 10.1. The Morgan fingerprint density at radius 3 is 2.88 bits per heavy atom. The highest BCUT2D eigenvalue weighted by Gasteiger charge is 2.50. The molecule has 1 spiro atoms. The number of nitrogens with zero attached hydrogens (tertiary/aromatic N) is 6. The van der Waals surface area contributed by atoms with E-state index in [1.807, 2.05) is 0 Å². The van der Waals surface area contributed by atoms with E-state index in [2.05, 4.69) is 38.2 Å². The zero-order chi connectivity index (χ0) is 22.0. The van der Waals surface area contributed by atoms with Crippen molar-refractivity contribution in [2.75, 3.05) is 48.3 Å². The molecule has 6 rings (SSSR count). The summed E-state index contributed by atoms with van der Waals surface area (Å²) in [5, 5.41) is 2.83. The third-order valence-corrected chi connectivity index (χ3v) is 7.14. The lowest BCUT2D eigenvalue weighted by Gasteiger charge is -2.41. The van der Waals surface area contributed by atoms with E-state index in [0.29, 0.717) is 23.6 Å². The molecule has 32 heavy (non-hydrogen) atoms. The molecule has 2 aliphatic heterocycles. The van der Waals surface area contributed by atoms with Gasteiger partial charge in [-0.25, -0.2) is 19.2 Å². The minimum atomic E-state index is -0.470. The Kier molecular flexibility index (Phi) is 4.20. The predicted molar refractivity (Wildman–Crippen MR) is 121 cm³/mol. The molecule has 0 bridgehead atoms. The van der Waals surface area contributed by atoms with E-state index in [1.54, 1.807) is 34.8 Å². The molecule has 1 aliphatic carbocycles. The molecule has 1 saturated heterocycles. The number of piperazine rings is 1. The summed E-state index contributed by atoms with van der Waals surface area (Å²) in [6.07, 6.45) is 8.46. The second-order valence-corrected chi connectivity index (χ2v) is 9.22. The maximum Gasteiger partial charge on any atom is 0.327 e. The molecule has 3 aromatic rings. The van der Waals surface area contributed by atoms with Crippen molar-refractivity contribution in [2.24, 2.45) is 0 Å². The zero-order valence-electron chi connectivity index (χ0n) is 18.3. The first-order valence-electron chi connectivity index (χ1n) is 11.1. The van der Waals surface area contributed by atoms with Gasteiger partial charge in [-0.2, -0.15) is 0 Å². The van der Waals surface area contributed by atoms with Crippen LogP contribution in [0.15, 0.2) is 30.7 Å². The van der Waals surface area contributed by atoms with Crippen molar-refractivity contribution in [1.29, 1.82) is 0 Å². The van der Waals surface area contributed by atoms with E-state index in [0.717, 1.165) is 37.3 Å². The number of fused-ring (bicyclic) bond motifs is 2. The van der Waals surface area contributed by atoms with Crippen LogP contribution < -0.4 is 15.1 Å². The molecule has 0 aromatic carbocycles. The van der Waals surface area contributed by atoms with E-state index >= 15 is 0 Å². The molecule has 5 heterocycles. The minimum absolute atomic E-state index is 0.249. The van der Waals surface area contributed by atoms with Crippen molar-refractivity contribution < 1.29 is 9.18 Å². The van der Waals surface area contributed by atoms with Crippen LogP contribution in [0.3, 0.4) is 0 Å². The predicted octanol–water partition coefficient (Wildman–Crippen LogP) is 3.06. The average Bonchev–Trinajstić information content (AvgIpc) is 3.22. The molecule has 0 atom stereocenters. The summed E-state index contributed by atoms with van der Waals surface area (Å²) < 4.78 is 16.0. The Balaban J connectivity index is 1.25. The van der Waals surface area contributed by atoms with E-state index in [9.17, 15) is 9.18 Å². The average molecular weight is 436 g/mol. The van der Waals surface area contributed by atoms with Gasteiger partial charge in [-0.05, 0) is 39.3 Å². The van der Waals surface area contributed by atoms with Crippen LogP contribution in [0.5, 0.6) is 0 Å². The Morgan fingerprint density at radius 1 is 1.22 bits per heavy atom. The van der Waals surface area contributed by atoms with Gasteiger partial charge in [0.2, 0.25) is 0 Å². The summed E-state index contributed by atoms with van der Waals surface area (Å²) in [6, 6.07) is 3.08. The Morgan fingerprint density at radius 2 is 2.06 bits per heavy atom. The first-order chi connectivity index (χ1) is 15.4. The molecule has 3 aromatic heterocycles. The van der Waals surface area contributed by atoms with E-state index in [-0.39, 0.29) is 11.7 Å². The van der Waals surface area contributed by atoms with Crippen LogP contribution in [0, 0.1) is 12.7 Å². The first-order valence-corrected chi connectivity index (χ1v) is 11.1. The number of carbonyl (C=O) groups excluding carboxylic acids is 1. The van der Waals surface area contributed by atoms with Crippen LogP contribution in [0.25, 0.3) is 5.65 Å². The Labute approximate surface area is 185 Å². The number of nitrogens with one attached hydrogen (secondary N) is 1. The maximum absolute atomic E-state index is 14.4. The number of likely N-dealkylation sites (N-methyl/N-ethyl adjacent to an activating group) is 1. The molecule has 2 fully saturated rings. The van der Waals surface area contributed by atoms with Crippen LogP contribution in [0.4, 0.5) is 26.4 Å². The second kappa shape index (κ2) is 6.90. The van der Waals surface area contributed by atoms with Crippen LogP contribution in [-0.2, 0) is 6.42 Å². The molecule has 1 saturated carbocycles. The SMILES string of the molecule is Cc1cn2cc(NC(=O)N3CCc4c(N5CCN(C)C6(CC6)C5)ccnc43)cc(F)c2n1. The number of pyridine rings is 2. The van der Waals surface area contributed by atoms with Crippen molar-refractivity contribution in [3.63, 3.8) is 0 Å². The zero-order valence-corrected chi connectivity index (χ0v) is 18.3. The van der Waals surface area contributed by atoms with E-state index in [1.165, 1.54) is 24.6 Å². The van der Waals surface area contributed by atoms with Gasteiger partial charge in [0.1, 0.15) is 5.82 Å². The van der Waals surface area contributed by atoms with Gasteiger partial charge in [0.05, 0.1) is 11.4 Å². The molecule has 3 aliphatic rings. The van der Waals surface area contributed by atoms with E-state index in [4.69, 9.17) is 0 Å². The second-order valence-electron chi connectivity index (χ2n) is 9.22. The van der Waals surface area contributed by atoms with Gasteiger partial charge < -0.3 is 14.6 Å². The summed E-state index contributed by atoms with van der Waals surface area (Å²) in [5.74, 6) is 0.228. The number of amides is 2. The highest BCUT2D eigenvalue weighted by molar-refractivity contribution is 6.03. The fraction of sp³-hybridized carbons (Fsp3) is 0.435. The van der Waals surface area contributed by atoms with Gasteiger partial charge in [-0.15, -0.1) is 0 Å². The quantitative estimate of drug-likeness (QED) is 0.670. The fourth-order valence-corrected chi connectivity index (χ4v) is 5.16. The van der Waals surface area contributed by atoms with Gasteiger partial charge in [-0.3, -0.25) is 9.80 Å². The molecule has 8 nitrogen and oxygen atoms in total. The summed E-state index contributed by atoms with van der Waals surface area (Å²) in [4.78, 5) is 28.4. The van der Waals surface area contributed by atoms with Gasteiger partial charge in [0.15, 0.2) is 11.5 Å². The van der Waals surface area contributed by atoms with E-state index < -0.39 is 5.82 Å². The van der Waals surface area contributed by atoms with Crippen LogP contribution in [-0.4, -0.2) is 64.1 Å². The van der Waals surface area contributed by atoms with Crippen molar-refractivity contribution in [2.45, 2.75) is 31.7 Å². The van der Waals surface area contributed by atoms with Gasteiger partial charge in [-0.1, -0.05) is 0 Å². The summed E-state index contributed by atoms with van der Waals surface area (Å²) in [6.45, 7) is 5.41. The standard InChI is InChI=1S/C23H26FN7O/c1-15-12-30-13-16(11-18(24)21(30)26-15)27-22(32)31-8-4-17-19(3-7-25-20(17)31)29-10-9-28(2)23(14-29)5-6-23/h3,7,11-13H,4-6,8-10,14H2,1-2H3,(H,27,32). The normalized spacial score (nSPS) is 19.6. The minimum Gasteiger partial charge on any atom is -0.368 e. The molecule has 1 N–H and O–H groups in total. The lowest BCUT2D eigenvalue weighted by molar-refractivity contribution is 0.198. The molecule has 2 amide bonds. The fourth-order valence-electron chi connectivity index (χ4n) is 5.16. The lowest BCUT2D eigenvalue weighted by Crippen LogP contribution is -2.53. The molecule has 166 valence electrons. The van der Waals surface area contributed by atoms with Gasteiger partial charge in [0, 0.05) is 67.6 Å². The Hall–Kier alpha value is -3.20. The molecular weight excluding hydrogens is 409 g/mol. The third-order valence-electron chi connectivity index (χ3n) is 7.14. The van der Waals surface area contributed by atoms with Gasteiger partial charge >= 0.3 is 6.03 Å². The van der Waals surface area contributed by atoms with Crippen molar-refractivity contribution in [3.05, 3.63) is 47.8 Å². The number of halogens is 1. The number of carbonyl (C=O) groups is 1. The number of anilines is 3. The largest absolute Gasteiger partial charge is 0.368 e. The monoisotopic (exact) mass is 435 g/mol. The maximum atomic E-state index is 14.4. The molecule has 9 heteroatoms. The highest BCUT2D eigenvalue weighted by atomic mass is 19.1. The summed E-state index contributed by atoms with van der Waals surface area (Å²) in [7, 11) is 2.22. The number of hydrogen-bond donors (Lipinski definition) is 1. The summed E-state index contributed by atoms with van der Waals surface area (Å²) >= 11 is 0. The highest BCUT2D eigenvalue weighted by Crippen LogP contribution is 2.45. The number of aryl methyl sites for hydroxylation is 1. The number of hydrogen-bond acceptors (Lipinski definition) is 5. The smallest absolute Gasteiger partial charge is 0.327 e. The van der Waals surface area contributed by atoms with Crippen molar-refractivity contribution >= 4 is 28.9 Å². The third kappa shape index (κ3) is 3.02. The number of aromatic nitrogens is 3. The Bertz CT molecular complexity index is 1230. The van der Waals surface area contributed by atoms with Gasteiger partial charge in [0.25, 0.3) is 0 Å². The molecule has 0 radical (unpaired) electrons. The van der Waals surface area contributed by atoms with Crippen LogP contribution >= 0.6 is 0 Å².